The van der Waals surface area contributed by atoms with Crippen molar-refractivity contribution in [1.82, 2.24) is 34.9 Å². The van der Waals surface area contributed by atoms with Gasteiger partial charge in [-0.1, -0.05) is 35.5 Å². The molecule has 3 heterocycles. The number of ether oxygens (including phenoxy) is 2. The van der Waals surface area contributed by atoms with E-state index in [0.29, 0.717) is 42.1 Å². The van der Waals surface area contributed by atoms with Crippen LogP contribution in [0.1, 0.15) is 35.7 Å². The van der Waals surface area contributed by atoms with Crippen LogP contribution in [0.4, 0.5) is 0 Å². The lowest BCUT2D eigenvalue weighted by atomic mass is 9.90. The molecule has 0 spiro atoms. The summed E-state index contributed by atoms with van der Waals surface area (Å²) in [5.74, 6) is 2.64. The number of hydrogen-bond acceptors (Lipinski definition) is 9. The van der Waals surface area contributed by atoms with E-state index in [1.54, 1.807) is 32.5 Å². The Bertz CT molecular complexity index is 1540. The summed E-state index contributed by atoms with van der Waals surface area (Å²) in [6, 6.07) is 15.3. The summed E-state index contributed by atoms with van der Waals surface area (Å²) in [5, 5.41) is 8.53. The van der Waals surface area contributed by atoms with E-state index in [9.17, 15) is 4.79 Å². The SMILES string of the molecule is CCOc1ccc(C(Cc2ccc(-c3noc(C)n3)cc2)c2nn(-c3ncccn3)c(=O)[nH]2)cc1OC. The van der Waals surface area contributed by atoms with Crippen LogP contribution in [0.15, 0.2) is 70.2 Å². The Balaban J connectivity index is 1.53. The second-order valence-corrected chi connectivity index (χ2v) is 8.21. The number of methoxy groups -OCH3 is 1. The van der Waals surface area contributed by atoms with Gasteiger partial charge in [0, 0.05) is 30.8 Å². The van der Waals surface area contributed by atoms with Crippen molar-refractivity contribution in [2.24, 2.45) is 0 Å². The highest BCUT2D eigenvalue weighted by molar-refractivity contribution is 5.55. The van der Waals surface area contributed by atoms with Gasteiger partial charge in [-0.05, 0) is 42.7 Å². The van der Waals surface area contributed by atoms with Crippen molar-refractivity contribution in [1.29, 1.82) is 0 Å². The van der Waals surface area contributed by atoms with E-state index in [0.717, 1.165) is 21.4 Å². The average Bonchev–Trinajstić information content (AvgIpc) is 3.54. The zero-order chi connectivity index (χ0) is 25.8. The third-order valence-corrected chi connectivity index (χ3v) is 5.78. The first-order valence-corrected chi connectivity index (χ1v) is 11.7. The van der Waals surface area contributed by atoms with Crippen LogP contribution in [-0.2, 0) is 6.42 Å². The second kappa shape index (κ2) is 10.4. The predicted octanol–water partition coefficient (Wildman–Crippen LogP) is 3.49. The third kappa shape index (κ3) is 5.10. The van der Waals surface area contributed by atoms with Gasteiger partial charge in [0.15, 0.2) is 11.5 Å². The zero-order valence-electron chi connectivity index (χ0n) is 20.6. The molecule has 2 aromatic carbocycles. The number of nitrogens with zero attached hydrogens (tertiary/aromatic N) is 6. The Hall–Kier alpha value is -4.80. The molecule has 11 heteroatoms. The molecule has 0 fully saturated rings. The van der Waals surface area contributed by atoms with Crippen LogP contribution in [0.3, 0.4) is 0 Å². The van der Waals surface area contributed by atoms with Crippen LogP contribution in [-0.4, -0.2) is 48.6 Å². The molecule has 11 nitrogen and oxygen atoms in total. The molecule has 0 saturated heterocycles. The summed E-state index contributed by atoms with van der Waals surface area (Å²) in [6.07, 6.45) is 3.67. The summed E-state index contributed by atoms with van der Waals surface area (Å²) >= 11 is 0. The molecule has 1 N–H and O–H groups in total. The first kappa shape index (κ1) is 23.9. The fourth-order valence-corrected chi connectivity index (χ4v) is 4.02. The van der Waals surface area contributed by atoms with E-state index < -0.39 is 5.69 Å². The fraction of sp³-hybridized carbons (Fsp3) is 0.231. The summed E-state index contributed by atoms with van der Waals surface area (Å²) < 4.78 is 17.5. The van der Waals surface area contributed by atoms with Crippen molar-refractivity contribution in [2.75, 3.05) is 13.7 Å². The normalized spacial score (nSPS) is 11.9. The molecule has 0 aliphatic carbocycles. The molecule has 5 aromatic rings. The van der Waals surface area contributed by atoms with E-state index in [-0.39, 0.29) is 11.9 Å². The highest BCUT2D eigenvalue weighted by atomic mass is 16.5. The molecule has 0 radical (unpaired) electrons. The van der Waals surface area contributed by atoms with Gasteiger partial charge in [-0.25, -0.2) is 14.8 Å². The number of nitrogens with one attached hydrogen (secondary N) is 1. The Labute approximate surface area is 212 Å². The van der Waals surface area contributed by atoms with Gasteiger partial charge in [0.1, 0.15) is 5.82 Å². The monoisotopic (exact) mass is 499 g/mol. The topological polar surface area (TPSA) is 134 Å². The lowest BCUT2D eigenvalue weighted by Crippen LogP contribution is -2.18. The summed E-state index contributed by atoms with van der Waals surface area (Å²) in [6.45, 7) is 4.18. The van der Waals surface area contributed by atoms with Gasteiger partial charge in [0.25, 0.3) is 5.95 Å². The maximum absolute atomic E-state index is 12.8. The first-order valence-electron chi connectivity index (χ1n) is 11.7. The Kier molecular flexibility index (Phi) is 6.75. The minimum absolute atomic E-state index is 0.192. The van der Waals surface area contributed by atoms with Crippen LogP contribution < -0.4 is 15.2 Å². The number of aromatic amines is 1. The standard InChI is InChI=1S/C26H25N7O4/c1-4-36-21-11-10-19(15-22(21)35-3)20(24-30-26(34)33(31-24)25-27-12-5-13-28-25)14-17-6-8-18(9-7-17)23-29-16(2)37-32-23/h5-13,15,20H,4,14H2,1-3H3,(H,30,31,34). The van der Waals surface area contributed by atoms with Crippen LogP contribution in [0.2, 0.25) is 0 Å². The highest BCUT2D eigenvalue weighted by Gasteiger charge is 2.23. The van der Waals surface area contributed by atoms with Crippen LogP contribution in [0.5, 0.6) is 11.5 Å². The first-order chi connectivity index (χ1) is 18.1. The van der Waals surface area contributed by atoms with Gasteiger partial charge in [-0.2, -0.15) is 4.98 Å². The summed E-state index contributed by atoms with van der Waals surface area (Å²) in [5.41, 5.74) is 2.34. The van der Waals surface area contributed by atoms with Crippen LogP contribution in [0, 0.1) is 6.92 Å². The molecule has 5 rings (SSSR count). The molecular formula is C26H25N7O4. The molecule has 0 aliphatic heterocycles. The molecular weight excluding hydrogens is 474 g/mol. The number of aromatic nitrogens is 7. The van der Waals surface area contributed by atoms with Gasteiger partial charge < -0.3 is 14.0 Å². The van der Waals surface area contributed by atoms with Crippen molar-refractivity contribution in [3.05, 3.63) is 94.3 Å². The molecule has 188 valence electrons. The number of aryl methyl sites for hydroxylation is 1. The molecule has 37 heavy (non-hydrogen) atoms. The van der Waals surface area contributed by atoms with E-state index in [4.69, 9.17) is 14.0 Å². The Morgan fingerprint density at radius 3 is 2.54 bits per heavy atom. The molecule has 1 atom stereocenters. The van der Waals surface area contributed by atoms with E-state index in [2.05, 4.69) is 30.2 Å². The fourth-order valence-electron chi connectivity index (χ4n) is 4.02. The molecule has 0 bridgehead atoms. The van der Waals surface area contributed by atoms with Gasteiger partial charge in [0.2, 0.25) is 11.7 Å². The van der Waals surface area contributed by atoms with E-state index in [1.807, 2.05) is 49.4 Å². The number of rotatable bonds is 9. The Morgan fingerprint density at radius 1 is 1.08 bits per heavy atom. The lowest BCUT2D eigenvalue weighted by molar-refractivity contribution is 0.310. The van der Waals surface area contributed by atoms with Gasteiger partial charge in [0.05, 0.1) is 13.7 Å². The Morgan fingerprint density at radius 2 is 1.86 bits per heavy atom. The third-order valence-electron chi connectivity index (χ3n) is 5.78. The second-order valence-electron chi connectivity index (χ2n) is 8.21. The molecule has 0 aliphatic rings. The van der Waals surface area contributed by atoms with Crippen LogP contribution >= 0.6 is 0 Å². The van der Waals surface area contributed by atoms with Crippen molar-refractivity contribution in [3.63, 3.8) is 0 Å². The number of hydrogen-bond donors (Lipinski definition) is 1. The largest absolute Gasteiger partial charge is 0.493 e. The molecule has 1 unspecified atom stereocenters. The molecule has 3 aromatic heterocycles. The lowest BCUT2D eigenvalue weighted by Gasteiger charge is -2.18. The van der Waals surface area contributed by atoms with Crippen molar-refractivity contribution >= 4 is 0 Å². The van der Waals surface area contributed by atoms with Gasteiger partial charge in [-0.3, -0.25) is 4.98 Å². The van der Waals surface area contributed by atoms with Crippen molar-refractivity contribution in [2.45, 2.75) is 26.2 Å². The highest BCUT2D eigenvalue weighted by Crippen LogP contribution is 2.34. The van der Waals surface area contributed by atoms with Gasteiger partial charge in [-0.15, -0.1) is 9.78 Å². The summed E-state index contributed by atoms with van der Waals surface area (Å²) in [4.78, 5) is 28.3. The van der Waals surface area contributed by atoms with Crippen molar-refractivity contribution in [3.8, 4) is 28.8 Å². The number of H-pyrrole nitrogens is 1. The maximum Gasteiger partial charge on any atom is 0.350 e. The van der Waals surface area contributed by atoms with E-state index in [1.165, 1.54) is 0 Å². The van der Waals surface area contributed by atoms with E-state index >= 15 is 0 Å². The van der Waals surface area contributed by atoms with Crippen molar-refractivity contribution < 1.29 is 14.0 Å². The number of benzene rings is 2. The average molecular weight is 500 g/mol. The smallest absolute Gasteiger partial charge is 0.350 e. The minimum atomic E-state index is -0.424. The maximum atomic E-state index is 12.8. The van der Waals surface area contributed by atoms with Gasteiger partial charge >= 0.3 is 5.69 Å². The quantitative estimate of drug-likeness (QED) is 0.323. The minimum Gasteiger partial charge on any atom is -0.493 e. The molecule has 0 saturated carbocycles. The predicted molar refractivity (Wildman–Crippen MR) is 134 cm³/mol. The van der Waals surface area contributed by atoms with Crippen LogP contribution in [0.25, 0.3) is 17.3 Å². The molecule has 0 amide bonds. The summed E-state index contributed by atoms with van der Waals surface area (Å²) in [7, 11) is 1.60. The zero-order valence-corrected chi connectivity index (χ0v) is 20.6.